The summed E-state index contributed by atoms with van der Waals surface area (Å²) in [6, 6.07) is 0. The highest BCUT2D eigenvalue weighted by atomic mass is 16.5. The van der Waals surface area contributed by atoms with E-state index in [2.05, 4.69) is 6.92 Å². The van der Waals surface area contributed by atoms with E-state index in [0.29, 0.717) is 16.9 Å². The quantitative estimate of drug-likeness (QED) is 0.589. The van der Waals surface area contributed by atoms with E-state index in [4.69, 9.17) is 4.74 Å². The molecule has 1 saturated heterocycles. The van der Waals surface area contributed by atoms with Gasteiger partial charge >= 0.3 is 0 Å². The minimum Gasteiger partial charge on any atom is -0.377 e. The van der Waals surface area contributed by atoms with E-state index in [1.165, 1.54) is 25.7 Å². The Hall–Kier alpha value is -0.0400. The number of hydrogen-bond acceptors (Lipinski definition) is 1. The van der Waals surface area contributed by atoms with Crippen LogP contribution in [0.15, 0.2) is 0 Å². The molecule has 1 nitrogen and oxygen atoms in total. The van der Waals surface area contributed by atoms with Crippen LogP contribution in [0.1, 0.15) is 45.4 Å². The Morgan fingerprint density at radius 2 is 1.93 bits per heavy atom. The van der Waals surface area contributed by atoms with Crippen LogP contribution >= 0.6 is 0 Å². The topological polar surface area (TPSA) is 9.23 Å². The SMILES string of the molecule is CC12C3CCCC34CCC3(CCOC31)C42. The Morgan fingerprint density at radius 3 is 2.87 bits per heavy atom. The number of rotatable bonds is 0. The molecule has 15 heavy (non-hydrogen) atoms. The molecule has 4 saturated carbocycles. The second-order valence-corrected chi connectivity index (χ2v) is 7.21. The van der Waals surface area contributed by atoms with Crippen molar-refractivity contribution in [1.82, 2.24) is 0 Å². The highest BCUT2D eigenvalue weighted by Crippen LogP contribution is 2.91. The minimum atomic E-state index is 0.628. The lowest BCUT2D eigenvalue weighted by Crippen LogP contribution is -2.78. The van der Waals surface area contributed by atoms with Gasteiger partial charge in [-0.2, -0.15) is 0 Å². The van der Waals surface area contributed by atoms with Crippen molar-refractivity contribution < 1.29 is 4.74 Å². The molecule has 82 valence electrons. The van der Waals surface area contributed by atoms with E-state index in [1.54, 1.807) is 12.8 Å². The van der Waals surface area contributed by atoms with Crippen LogP contribution in [0.2, 0.25) is 0 Å². The lowest BCUT2D eigenvalue weighted by Gasteiger charge is -2.78. The lowest BCUT2D eigenvalue weighted by atomic mass is 9.27. The average molecular weight is 204 g/mol. The van der Waals surface area contributed by atoms with Crippen molar-refractivity contribution in [3.05, 3.63) is 0 Å². The smallest absolute Gasteiger partial charge is 0.0694 e. The average Bonchev–Trinajstić information content (AvgIpc) is 2.84. The number of fused-ring (bicyclic) bond motifs is 2. The van der Waals surface area contributed by atoms with Crippen LogP contribution in [0.3, 0.4) is 0 Å². The zero-order valence-corrected chi connectivity index (χ0v) is 9.59. The standard InChI is InChI=1S/C14H20O/c1-12-9-3-2-4-13(9)5-6-14(10(12)13)7-8-15-11(12)14/h9-11H,2-8H2,1H3. The molecule has 5 fully saturated rings. The van der Waals surface area contributed by atoms with Crippen molar-refractivity contribution in [3.63, 3.8) is 0 Å². The van der Waals surface area contributed by atoms with Gasteiger partial charge in [0, 0.05) is 17.4 Å². The summed E-state index contributed by atoms with van der Waals surface area (Å²) in [6.07, 6.45) is 9.72. The molecule has 0 aromatic heterocycles. The molecule has 0 aromatic rings. The fraction of sp³-hybridized carbons (Fsp3) is 1.00. The predicted octanol–water partition coefficient (Wildman–Crippen LogP) is 2.99. The van der Waals surface area contributed by atoms with Crippen LogP contribution in [0.4, 0.5) is 0 Å². The van der Waals surface area contributed by atoms with Crippen molar-refractivity contribution in [1.29, 1.82) is 0 Å². The Balaban J connectivity index is 1.72. The van der Waals surface area contributed by atoms with E-state index >= 15 is 0 Å². The summed E-state index contributed by atoms with van der Waals surface area (Å²) < 4.78 is 6.11. The summed E-state index contributed by atoms with van der Waals surface area (Å²) in [4.78, 5) is 0. The Morgan fingerprint density at radius 1 is 1.07 bits per heavy atom. The second-order valence-electron chi connectivity index (χ2n) is 7.21. The molecule has 0 N–H and O–H groups in total. The summed E-state index contributed by atoms with van der Waals surface area (Å²) in [6.45, 7) is 3.63. The maximum Gasteiger partial charge on any atom is 0.0694 e. The number of hydrogen-bond donors (Lipinski definition) is 0. The van der Waals surface area contributed by atoms with Crippen molar-refractivity contribution in [2.24, 2.45) is 28.1 Å². The first kappa shape index (κ1) is 8.11. The molecule has 5 aliphatic rings. The maximum atomic E-state index is 6.11. The van der Waals surface area contributed by atoms with Gasteiger partial charge < -0.3 is 4.74 Å². The highest BCUT2D eigenvalue weighted by molar-refractivity contribution is 5.37. The molecule has 6 unspecified atom stereocenters. The van der Waals surface area contributed by atoms with Gasteiger partial charge in [0.05, 0.1) is 6.10 Å². The molecule has 1 heterocycles. The van der Waals surface area contributed by atoms with Gasteiger partial charge in [0.25, 0.3) is 0 Å². The molecule has 4 aliphatic carbocycles. The van der Waals surface area contributed by atoms with Gasteiger partial charge in [-0.25, -0.2) is 0 Å². The summed E-state index contributed by atoms with van der Waals surface area (Å²) >= 11 is 0. The van der Waals surface area contributed by atoms with Gasteiger partial charge in [-0.15, -0.1) is 0 Å². The first-order chi connectivity index (χ1) is 7.25. The molecule has 1 aliphatic heterocycles. The van der Waals surface area contributed by atoms with Gasteiger partial charge in [0.2, 0.25) is 0 Å². The van der Waals surface area contributed by atoms with Gasteiger partial charge in [-0.05, 0) is 49.4 Å². The van der Waals surface area contributed by atoms with Crippen LogP contribution in [-0.4, -0.2) is 12.7 Å². The molecule has 0 radical (unpaired) electrons. The lowest BCUT2D eigenvalue weighted by molar-refractivity contribution is -0.337. The first-order valence-corrected chi connectivity index (χ1v) is 6.87. The van der Waals surface area contributed by atoms with E-state index in [9.17, 15) is 0 Å². The second kappa shape index (κ2) is 1.92. The molecule has 0 amide bonds. The molecule has 2 spiro atoms. The summed E-state index contributed by atoms with van der Waals surface area (Å²) in [5.74, 6) is 2.13. The molecule has 0 aromatic carbocycles. The summed E-state index contributed by atoms with van der Waals surface area (Å²) in [5.41, 5.74) is 2.15. The third kappa shape index (κ3) is 0.504. The van der Waals surface area contributed by atoms with E-state index in [1.807, 2.05) is 0 Å². The molecule has 6 atom stereocenters. The molecular weight excluding hydrogens is 184 g/mol. The molecule has 5 rings (SSSR count). The Kier molecular flexibility index (Phi) is 1.04. The summed E-state index contributed by atoms with van der Waals surface area (Å²) in [5, 5.41) is 0. The van der Waals surface area contributed by atoms with Gasteiger partial charge in [0.15, 0.2) is 0 Å². The van der Waals surface area contributed by atoms with E-state index in [0.717, 1.165) is 23.9 Å². The van der Waals surface area contributed by atoms with Crippen molar-refractivity contribution in [2.45, 2.75) is 51.6 Å². The predicted molar refractivity (Wildman–Crippen MR) is 57.4 cm³/mol. The third-order valence-corrected chi connectivity index (χ3v) is 7.35. The Labute approximate surface area is 91.6 Å². The normalized spacial score (nSPS) is 73.0. The Bertz CT molecular complexity index is 332. The van der Waals surface area contributed by atoms with Crippen LogP contribution in [0, 0.1) is 28.1 Å². The zero-order chi connectivity index (χ0) is 9.89. The maximum absolute atomic E-state index is 6.11. The molecule has 0 bridgehead atoms. The van der Waals surface area contributed by atoms with Crippen LogP contribution in [0.5, 0.6) is 0 Å². The van der Waals surface area contributed by atoms with E-state index in [-0.39, 0.29) is 0 Å². The van der Waals surface area contributed by atoms with Crippen molar-refractivity contribution in [2.75, 3.05) is 6.61 Å². The third-order valence-electron chi connectivity index (χ3n) is 7.35. The van der Waals surface area contributed by atoms with E-state index < -0.39 is 0 Å². The highest BCUT2D eigenvalue weighted by Gasteiger charge is 2.89. The summed E-state index contributed by atoms with van der Waals surface area (Å²) in [7, 11) is 0. The van der Waals surface area contributed by atoms with Crippen molar-refractivity contribution in [3.8, 4) is 0 Å². The molecular formula is C14H20O. The fourth-order valence-electron chi connectivity index (χ4n) is 7.59. The van der Waals surface area contributed by atoms with Crippen LogP contribution < -0.4 is 0 Å². The van der Waals surface area contributed by atoms with Gasteiger partial charge in [0.1, 0.15) is 0 Å². The number of ether oxygens (including phenoxy) is 1. The van der Waals surface area contributed by atoms with Crippen molar-refractivity contribution >= 4 is 0 Å². The van der Waals surface area contributed by atoms with Crippen LogP contribution in [-0.2, 0) is 4.74 Å². The largest absolute Gasteiger partial charge is 0.377 e. The first-order valence-electron chi connectivity index (χ1n) is 6.87. The van der Waals surface area contributed by atoms with Gasteiger partial charge in [-0.1, -0.05) is 13.3 Å². The van der Waals surface area contributed by atoms with Crippen LogP contribution in [0.25, 0.3) is 0 Å². The fourth-order valence-corrected chi connectivity index (χ4v) is 7.59. The zero-order valence-electron chi connectivity index (χ0n) is 9.59. The monoisotopic (exact) mass is 204 g/mol. The minimum absolute atomic E-state index is 0.628. The molecule has 1 heteroatoms. The van der Waals surface area contributed by atoms with Gasteiger partial charge in [-0.3, -0.25) is 0 Å².